The molecule has 0 radical (unpaired) electrons. The van der Waals surface area contributed by atoms with Crippen LogP contribution in [-0.4, -0.2) is 38.3 Å². The van der Waals surface area contributed by atoms with Crippen LogP contribution in [0.5, 0.6) is 0 Å². The van der Waals surface area contributed by atoms with Gasteiger partial charge < -0.3 is 15.4 Å². The number of nitrogens with one attached hydrogen (secondary N) is 2. The highest BCUT2D eigenvalue weighted by Gasteiger charge is 2.10. The first kappa shape index (κ1) is 15.4. The molecule has 0 aliphatic rings. The number of rotatable bonds is 8. The molecule has 0 aliphatic heterocycles. The normalized spacial score (nSPS) is 14.9. The Morgan fingerprint density at radius 3 is 2.25 bits per heavy atom. The van der Waals surface area contributed by atoms with E-state index in [-0.39, 0.29) is 18.0 Å². The zero-order valence-corrected chi connectivity index (χ0v) is 11.2. The number of amides is 1. The lowest BCUT2D eigenvalue weighted by Crippen LogP contribution is -2.40. The molecule has 0 heterocycles. The summed E-state index contributed by atoms with van der Waals surface area (Å²) in [6.45, 7) is 9.82. The third-order valence-corrected chi connectivity index (χ3v) is 2.16. The lowest BCUT2D eigenvalue weighted by Gasteiger charge is -2.20. The summed E-state index contributed by atoms with van der Waals surface area (Å²) in [6, 6.07) is 0.455. The summed E-state index contributed by atoms with van der Waals surface area (Å²) in [7, 11) is 1.66. The largest absolute Gasteiger partial charge is 0.380 e. The first-order valence-corrected chi connectivity index (χ1v) is 6.00. The minimum atomic E-state index is 0.0651. The number of carbonyl (C=O) groups is 1. The van der Waals surface area contributed by atoms with Crippen molar-refractivity contribution in [3.63, 3.8) is 0 Å². The molecular weight excluding hydrogens is 204 g/mol. The van der Waals surface area contributed by atoms with Crippen LogP contribution >= 0.6 is 0 Å². The summed E-state index contributed by atoms with van der Waals surface area (Å²) in [5.74, 6) is 0.630. The van der Waals surface area contributed by atoms with Crippen molar-refractivity contribution in [2.24, 2.45) is 5.92 Å². The summed E-state index contributed by atoms with van der Waals surface area (Å²) >= 11 is 0. The van der Waals surface area contributed by atoms with Crippen molar-refractivity contribution in [2.75, 3.05) is 20.3 Å². The average Bonchev–Trinajstić information content (AvgIpc) is 2.16. The number of carbonyl (C=O) groups excluding carboxylic acids is 1. The van der Waals surface area contributed by atoms with Crippen molar-refractivity contribution in [1.29, 1.82) is 0 Å². The van der Waals surface area contributed by atoms with E-state index in [2.05, 4.69) is 31.4 Å². The van der Waals surface area contributed by atoms with Gasteiger partial charge in [-0.3, -0.25) is 4.79 Å². The number of hydrogen-bond acceptors (Lipinski definition) is 3. The van der Waals surface area contributed by atoms with E-state index >= 15 is 0 Å². The van der Waals surface area contributed by atoms with Crippen LogP contribution in [0, 0.1) is 5.92 Å². The molecular formula is C12H26N2O2. The SMILES string of the molecule is CNC(=O)CC(C)NC(C)COCC(C)C. The number of hydrogen-bond donors (Lipinski definition) is 2. The second kappa shape index (κ2) is 8.53. The minimum Gasteiger partial charge on any atom is -0.380 e. The van der Waals surface area contributed by atoms with Gasteiger partial charge in [-0.25, -0.2) is 0 Å². The van der Waals surface area contributed by atoms with Gasteiger partial charge in [0.05, 0.1) is 6.61 Å². The Bertz CT molecular complexity index is 195. The highest BCUT2D eigenvalue weighted by molar-refractivity contribution is 5.76. The molecule has 1 amide bonds. The van der Waals surface area contributed by atoms with E-state index in [1.165, 1.54) is 0 Å². The smallest absolute Gasteiger partial charge is 0.221 e. The molecule has 0 spiro atoms. The number of ether oxygens (including phenoxy) is 1. The van der Waals surface area contributed by atoms with Crippen molar-refractivity contribution in [1.82, 2.24) is 10.6 Å². The molecule has 0 rings (SSSR count). The second-order valence-corrected chi connectivity index (χ2v) is 4.78. The zero-order chi connectivity index (χ0) is 12.6. The third-order valence-electron chi connectivity index (χ3n) is 2.16. The van der Waals surface area contributed by atoms with E-state index in [1.54, 1.807) is 7.05 Å². The summed E-state index contributed by atoms with van der Waals surface area (Å²) < 4.78 is 5.53. The molecule has 2 unspecified atom stereocenters. The second-order valence-electron chi connectivity index (χ2n) is 4.78. The van der Waals surface area contributed by atoms with Gasteiger partial charge >= 0.3 is 0 Å². The van der Waals surface area contributed by atoms with Crippen LogP contribution in [0.25, 0.3) is 0 Å². The van der Waals surface area contributed by atoms with Gasteiger partial charge in [-0.2, -0.15) is 0 Å². The van der Waals surface area contributed by atoms with Gasteiger partial charge in [-0.1, -0.05) is 13.8 Å². The lowest BCUT2D eigenvalue weighted by atomic mass is 10.2. The summed E-state index contributed by atoms with van der Waals surface area (Å²) in [4.78, 5) is 11.1. The molecule has 0 bridgehead atoms. The Morgan fingerprint density at radius 2 is 1.75 bits per heavy atom. The zero-order valence-electron chi connectivity index (χ0n) is 11.2. The lowest BCUT2D eigenvalue weighted by molar-refractivity contribution is -0.121. The van der Waals surface area contributed by atoms with Gasteiger partial charge in [0.15, 0.2) is 0 Å². The molecule has 2 atom stereocenters. The average molecular weight is 230 g/mol. The Morgan fingerprint density at radius 1 is 1.12 bits per heavy atom. The highest BCUT2D eigenvalue weighted by Crippen LogP contribution is 1.97. The highest BCUT2D eigenvalue weighted by atomic mass is 16.5. The van der Waals surface area contributed by atoms with E-state index in [4.69, 9.17) is 4.74 Å². The molecule has 0 fully saturated rings. The Hall–Kier alpha value is -0.610. The van der Waals surface area contributed by atoms with Gasteiger partial charge in [0.2, 0.25) is 5.91 Å². The topological polar surface area (TPSA) is 50.4 Å². The van der Waals surface area contributed by atoms with Crippen LogP contribution in [-0.2, 0) is 9.53 Å². The quantitative estimate of drug-likeness (QED) is 0.658. The molecule has 0 aromatic carbocycles. The van der Waals surface area contributed by atoms with Gasteiger partial charge in [-0.15, -0.1) is 0 Å². The van der Waals surface area contributed by atoms with Crippen LogP contribution in [0.1, 0.15) is 34.1 Å². The van der Waals surface area contributed by atoms with Crippen molar-refractivity contribution < 1.29 is 9.53 Å². The standard InChI is InChI=1S/C12H26N2O2/c1-9(2)7-16-8-11(4)14-10(3)6-12(15)13-5/h9-11,14H,6-8H2,1-5H3,(H,13,15). The van der Waals surface area contributed by atoms with Crippen molar-refractivity contribution in [2.45, 2.75) is 46.2 Å². The van der Waals surface area contributed by atoms with Crippen molar-refractivity contribution in [3.05, 3.63) is 0 Å². The molecule has 16 heavy (non-hydrogen) atoms. The molecule has 0 saturated heterocycles. The maximum atomic E-state index is 11.1. The predicted molar refractivity (Wildman–Crippen MR) is 66.4 cm³/mol. The molecule has 2 N–H and O–H groups in total. The summed E-state index contributed by atoms with van der Waals surface area (Å²) in [5.41, 5.74) is 0. The van der Waals surface area contributed by atoms with Crippen molar-refractivity contribution >= 4 is 5.91 Å². The molecule has 0 saturated carbocycles. The van der Waals surface area contributed by atoms with Crippen LogP contribution < -0.4 is 10.6 Å². The van der Waals surface area contributed by atoms with Crippen LogP contribution in [0.2, 0.25) is 0 Å². The van der Waals surface area contributed by atoms with E-state index in [1.807, 2.05) is 6.92 Å². The molecule has 0 aromatic rings. The molecule has 4 nitrogen and oxygen atoms in total. The first-order chi connectivity index (χ1) is 7.45. The van der Waals surface area contributed by atoms with Crippen LogP contribution in [0.4, 0.5) is 0 Å². The first-order valence-electron chi connectivity index (χ1n) is 6.00. The van der Waals surface area contributed by atoms with Gasteiger partial charge in [0.25, 0.3) is 0 Å². The monoisotopic (exact) mass is 230 g/mol. The Balaban J connectivity index is 3.61. The predicted octanol–water partition coefficient (Wildman–Crippen LogP) is 1.16. The van der Waals surface area contributed by atoms with E-state index in [0.29, 0.717) is 18.9 Å². The third kappa shape index (κ3) is 8.68. The van der Waals surface area contributed by atoms with E-state index in [0.717, 1.165) is 6.61 Å². The fraction of sp³-hybridized carbons (Fsp3) is 0.917. The van der Waals surface area contributed by atoms with Gasteiger partial charge in [0.1, 0.15) is 0 Å². The molecule has 0 aliphatic carbocycles. The fourth-order valence-corrected chi connectivity index (χ4v) is 1.45. The van der Waals surface area contributed by atoms with E-state index in [9.17, 15) is 4.79 Å². The molecule has 96 valence electrons. The Kier molecular flexibility index (Phi) is 8.21. The van der Waals surface area contributed by atoms with E-state index < -0.39 is 0 Å². The molecule has 4 heteroatoms. The Labute approximate surface area is 99.1 Å². The minimum absolute atomic E-state index is 0.0651. The summed E-state index contributed by atoms with van der Waals surface area (Å²) in [6.07, 6.45) is 0.505. The van der Waals surface area contributed by atoms with Crippen LogP contribution in [0.3, 0.4) is 0 Å². The van der Waals surface area contributed by atoms with Crippen LogP contribution in [0.15, 0.2) is 0 Å². The molecule has 0 aromatic heterocycles. The van der Waals surface area contributed by atoms with Gasteiger partial charge in [-0.05, 0) is 19.8 Å². The maximum absolute atomic E-state index is 11.1. The fourth-order valence-electron chi connectivity index (χ4n) is 1.45. The summed E-state index contributed by atoms with van der Waals surface area (Å²) in [5, 5.41) is 5.95. The van der Waals surface area contributed by atoms with Gasteiger partial charge in [0, 0.05) is 32.2 Å². The van der Waals surface area contributed by atoms with Crippen molar-refractivity contribution in [3.8, 4) is 0 Å². The maximum Gasteiger partial charge on any atom is 0.221 e.